The van der Waals surface area contributed by atoms with Crippen molar-refractivity contribution in [3.63, 3.8) is 0 Å². The van der Waals surface area contributed by atoms with E-state index in [-0.39, 0.29) is 5.91 Å². The number of amides is 1. The van der Waals surface area contributed by atoms with Crippen LogP contribution in [0.1, 0.15) is 27.0 Å². The van der Waals surface area contributed by atoms with E-state index in [0.717, 1.165) is 54.9 Å². The Morgan fingerprint density at radius 1 is 0.914 bits per heavy atom. The van der Waals surface area contributed by atoms with Crippen molar-refractivity contribution in [2.75, 3.05) is 26.3 Å². The summed E-state index contributed by atoms with van der Waals surface area (Å²) in [4.78, 5) is 15.2. The lowest BCUT2D eigenvalue weighted by atomic mass is 10.0. The van der Waals surface area contributed by atoms with E-state index in [9.17, 15) is 4.79 Å². The molecule has 1 amide bonds. The topological polar surface area (TPSA) is 65.4 Å². The molecule has 5 rings (SSSR count). The van der Waals surface area contributed by atoms with Gasteiger partial charge in [-0.1, -0.05) is 54.6 Å². The number of benzene rings is 4. The molecule has 0 bridgehead atoms. The van der Waals surface area contributed by atoms with Crippen LogP contribution in [0.4, 0.5) is 0 Å². The van der Waals surface area contributed by atoms with E-state index >= 15 is 0 Å². The van der Waals surface area contributed by atoms with Crippen LogP contribution in [-0.2, 0) is 17.8 Å². The van der Waals surface area contributed by atoms with E-state index in [2.05, 4.69) is 52.7 Å². The zero-order chi connectivity index (χ0) is 24.0. The number of morpholine rings is 1. The normalized spacial score (nSPS) is 13.9. The summed E-state index contributed by atoms with van der Waals surface area (Å²) >= 11 is 0. The van der Waals surface area contributed by atoms with Crippen LogP contribution in [0.25, 0.3) is 21.9 Å². The number of nitrogens with zero attached hydrogens (tertiary/aromatic N) is 2. The van der Waals surface area contributed by atoms with E-state index in [1.54, 1.807) is 12.1 Å². The molecule has 5 heteroatoms. The molecular formula is C30H27N3O2. The highest BCUT2D eigenvalue weighted by atomic mass is 16.5. The Morgan fingerprint density at radius 2 is 1.63 bits per heavy atom. The number of carbonyl (C=O) groups is 1. The van der Waals surface area contributed by atoms with E-state index < -0.39 is 0 Å². The number of hydrogen-bond acceptors (Lipinski definition) is 4. The summed E-state index contributed by atoms with van der Waals surface area (Å²) in [7, 11) is 0. The molecule has 5 nitrogen and oxygen atoms in total. The molecule has 0 radical (unpaired) electrons. The van der Waals surface area contributed by atoms with Crippen molar-refractivity contribution in [2.45, 2.75) is 13.1 Å². The first-order chi connectivity index (χ1) is 17.2. The van der Waals surface area contributed by atoms with E-state index in [0.29, 0.717) is 17.7 Å². The van der Waals surface area contributed by atoms with Gasteiger partial charge >= 0.3 is 0 Å². The summed E-state index contributed by atoms with van der Waals surface area (Å²) in [6.07, 6.45) is 0. The van der Waals surface area contributed by atoms with Crippen molar-refractivity contribution in [2.24, 2.45) is 0 Å². The monoisotopic (exact) mass is 461 g/mol. The molecule has 1 N–H and O–H groups in total. The van der Waals surface area contributed by atoms with Gasteiger partial charge in [0, 0.05) is 31.7 Å². The quantitative estimate of drug-likeness (QED) is 0.432. The summed E-state index contributed by atoms with van der Waals surface area (Å²) in [5.41, 5.74) is 5.67. The smallest absolute Gasteiger partial charge is 0.251 e. The summed E-state index contributed by atoms with van der Waals surface area (Å²) in [5, 5.41) is 14.4. The molecule has 0 aromatic heterocycles. The van der Waals surface area contributed by atoms with Crippen molar-refractivity contribution >= 4 is 16.7 Å². The van der Waals surface area contributed by atoms with Gasteiger partial charge < -0.3 is 10.1 Å². The fraction of sp³-hybridized carbons (Fsp3) is 0.200. The van der Waals surface area contributed by atoms with Gasteiger partial charge in [0.2, 0.25) is 0 Å². The van der Waals surface area contributed by atoms with Crippen LogP contribution >= 0.6 is 0 Å². The summed E-state index contributed by atoms with van der Waals surface area (Å²) in [5.74, 6) is -0.0997. The lowest BCUT2D eigenvalue weighted by molar-refractivity contribution is 0.0342. The number of hydrogen-bond donors (Lipinski definition) is 1. The fourth-order valence-corrected chi connectivity index (χ4v) is 4.50. The van der Waals surface area contributed by atoms with Crippen molar-refractivity contribution in [3.05, 3.63) is 107 Å². The van der Waals surface area contributed by atoms with E-state index in [1.807, 2.05) is 36.4 Å². The molecule has 35 heavy (non-hydrogen) atoms. The molecule has 4 aromatic rings. The molecule has 0 unspecified atom stereocenters. The Bertz CT molecular complexity index is 1370. The van der Waals surface area contributed by atoms with Gasteiger partial charge in [0.05, 0.1) is 24.8 Å². The molecule has 4 aromatic carbocycles. The lowest BCUT2D eigenvalue weighted by Gasteiger charge is -2.26. The Labute approximate surface area is 205 Å². The van der Waals surface area contributed by atoms with Gasteiger partial charge in [0.1, 0.15) is 0 Å². The largest absolute Gasteiger partial charge is 0.379 e. The van der Waals surface area contributed by atoms with Crippen molar-refractivity contribution in [1.82, 2.24) is 10.2 Å². The molecule has 0 spiro atoms. The molecule has 0 aliphatic carbocycles. The van der Waals surface area contributed by atoms with Crippen molar-refractivity contribution in [1.29, 1.82) is 5.26 Å². The third kappa shape index (κ3) is 5.41. The maximum atomic E-state index is 12.8. The van der Waals surface area contributed by atoms with Gasteiger partial charge in [-0.05, 0) is 63.4 Å². The first kappa shape index (κ1) is 22.8. The third-order valence-electron chi connectivity index (χ3n) is 6.48. The number of carbonyl (C=O) groups excluding carboxylic acids is 1. The second-order valence-corrected chi connectivity index (χ2v) is 8.81. The number of nitriles is 1. The SMILES string of the molecule is N#Cc1ccc(-c2ccc(C(=O)NCc3cccc4cc(CN5CCOCC5)ccc34)cc2)cc1. The van der Waals surface area contributed by atoms with Crippen LogP contribution in [0, 0.1) is 11.3 Å². The molecule has 1 aliphatic heterocycles. The minimum absolute atomic E-state index is 0.0997. The highest BCUT2D eigenvalue weighted by molar-refractivity contribution is 5.95. The van der Waals surface area contributed by atoms with Crippen molar-refractivity contribution < 1.29 is 9.53 Å². The van der Waals surface area contributed by atoms with Crippen LogP contribution in [0.3, 0.4) is 0 Å². The Morgan fingerprint density at radius 3 is 2.34 bits per heavy atom. The standard InChI is InChI=1S/C30H27N3O2/c31-19-22-4-7-24(8-5-22)25-9-11-26(12-10-25)30(34)32-20-28-3-1-2-27-18-23(6-13-29(27)28)21-33-14-16-35-17-15-33/h1-13,18H,14-17,20-21H2,(H,32,34). The molecule has 1 fully saturated rings. The van der Waals surface area contributed by atoms with E-state index in [1.165, 1.54) is 10.9 Å². The molecular weight excluding hydrogens is 434 g/mol. The van der Waals surface area contributed by atoms with Crippen LogP contribution < -0.4 is 5.32 Å². The fourth-order valence-electron chi connectivity index (χ4n) is 4.50. The highest BCUT2D eigenvalue weighted by Crippen LogP contribution is 2.23. The maximum absolute atomic E-state index is 12.8. The third-order valence-corrected chi connectivity index (χ3v) is 6.48. The Hall–Kier alpha value is -3.98. The minimum Gasteiger partial charge on any atom is -0.379 e. The zero-order valence-corrected chi connectivity index (χ0v) is 19.5. The van der Waals surface area contributed by atoms with Gasteiger partial charge in [0.25, 0.3) is 5.91 Å². The van der Waals surface area contributed by atoms with Gasteiger partial charge in [0.15, 0.2) is 0 Å². The minimum atomic E-state index is -0.0997. The molecule has 0 saturated carbocycles. The summed E-state index contributed by atoms with van der Waals surface area (Å²) in [6.45, 7) is 4.94. The summed E-state index contributed by atoms with van der Waals surface area (Å²) in [6, 6.07) is 29.9. The predicted octanol–water partition coefficient (Wildman–Crippen LogP) is 5.14. The second-order valence-electron chi connectivity index (χ2n) is 8.81. The molecule has 1 aliphatic rings. The van der Waals surface area contributed by atoms with Crippen LogP contribution in [-0.4, -0.2) is 37.1 Å². The lowest BCUT2D eigenvalue weighted by Crippen LogP contribution is -2.35. The molecule has 1 saturated heterocycles. The predicted molar refractivity (Wildman–Crippen MR) is 138 cm³/mol. The number of fused-ring (bicyclic) bond motifs is 1. The van der Waals surface area contributed by atoms with E-state index in [4.69, 9.17) is 10.00 Å². The van der Waals surface area contributed by atoms with Crippen LogP contribution in [0.5, 0.6) is 0 Å². The molecule has 1 heterocycles. The maximum Gasteiger partial charge on any atom is 0.251 e. The highest BCUT2D eigenvalue weighted by Gasteiger charge is 2.12. The van der Waals surface area contributed by atoms with Crippen molar-refractivity contribution in [3.8, 4) is 17.2 Å². The zero-order valence-electron chi connectivity index (χ0n) is 19.5. The van der Waals surface area contributed by atoms with Gasteiger partial charge in [-0.15, -0.1) is 0 Å². The van der Waals surface area contributed by atoms with Gasteiger partial charge in [-0.2, -0.15) is 5.26 Å². The number of nitrogens with one attached hydrogen (secondary N) is 1. The number of ether oxygens (including phenoxy) is 1. The first-order valence-electron chi connectivity index (χ1n) is 11.9. The van der Waals surface area contributed by atoms with Gasteiger partial charge in [-0.25, -0.2) is 0 Å². The summed E-state index contributed by atoms with van der Waals surface area (Å²) < 4.78 is 5.45. The Balaban J connectivity index is 1.24. The first-order valence-corrected chi connectivity index (χ1v) is 11.9. The van der Waals surface area contributed by atoms with Gasteiger partial charge in [-0.3, -0.25) is 9.69 Å². The average Bonchev–Trinajstić information content (AvgIpc) is 2.92. The average molecular weight is 462 g/mol. The number of rotatable bonds is 6. The van der Waals surface area contributed by atoms with Crippen LogP contribution in [0.15, 0.2) is 84.9 Å². The molecule has 0 atom stereocenters. The van der Waals surface area contributed by atoms with Crippen LogP contribution in [0.2, 0.25) is 0 Å². The Kier molecular flexibility index (Phi) is 6.85. The molecule has 174 valence electrons. The second kappa shape index (κ2) is 10.5.